The standard InChI is InChI=1S/C15H14F3NS/c1-2-19-9-10-7-11(16)4-6-14(10)20-15-8-12(17)3-5-13(15)18/h3-8,19H,2,9H2,1H3. The minimum atomic E-state index is -0.496. The first-order chi connectivity index (χ1) is 9.60. The fourth-order valence-corrected chi connectivity index (χ4v) is 2.69. The van der Waals surface area contributed by atoms with E-state index in [4.69, 9.17) is 0 Å². The molecule has 0 aliphatic carbocycles. The molecule has 2 rings (SSSR count). The summed E-state index contributed by atoms with van der Waals surface area (Å²) in [5.74, 6) is -1.33. The van der Waals surface area contributed by atoms with E-state index >= 15 is 0 Å². The Morgan fingerprint density at radius 3 is 2.40 bits per heavy atom. The Labute approximate surface area is 120 Å². The van der Waals surface area contributed by atoms with Gasteiger partial charge < -0.3 is 5.32 Å². The zero-order valence-corrected chi connectivity index (χ0v) is 11.7. The monoisotopic (exact) mass is 297 g/mol. The lowest BCUT2D eigenvalue weighted by Gasteiger charge is -2.10. The predicted molar refractivity (Wildman–Crippen MR) is 74.3 cm³/mol. The third kappa shape index (κ3) is 3.77. The molecule has 0 heterocycles. The highest BCUT2D eigenvalue weighted by molar-refractivity contribution is 7.99. The van der Waals surface area contributed by atoms with E-state index in [2.05, 4.69) is 5.32 Å². The van der Waals surface area contributed by atoms with Gasteiger partial charge in [-0.05, 0) is 48.5 Å². The van der Waals surface area contributed by atoms with Crippen molar-refractivity contribution in [3.05, 3.63) is 59.4 Å². The molecule has 0 aliphatic rings. The van der Waals surface area contributed by atoms with Crippen molar-refractivity contribution in [1.29, 1.82) is 0 Å². The third-order valence-electron chi connectivity index (χ3n) is 2.70. The first-order valence-corrected chi connectivity index (χ1v) is 7.04. The molecule has 1 nitrogen and oxygen atoms in total. The summed E-state index contributed by atoms with van der Waals surface area (Å²) in [5.41, 5.74) is 0.723. The Kier molecular flexibility index (Phi) is 5.09. The first kappa shape index (κ1) is 14.9. The fourth-order valence-electron chi connectivity index (χ4n) is 1.72. The third-order valence-corrected chi connectivity index (χ3v) is 3.85. The van der Waals surface area contributed by atoms with Gasteiger partial charge in [0.1, 0.15) is 17.5 Å². The van der Waals surface area contributed by atoms with E-state index in [0.29, 0.717) is 11.4 Å². The lowest BCUT2D eigenvalue weighted by molar-refractivity contribution is 0.577. The molecule has 0 unspecified atom stereocenters. The molecule has 0 bridgehead atoms. The van der Waals surface area contributed by atoms with E-state index in [1.807, 2.05) is 6.92 Å². The number of hydrogen-bond acceptors (Lipinski definition) is 2. The van der Waals surface area contributed by atoms with E-state index in [-0.39, 0.29) is 10.7 Å². The summed E-state index contributed by atoms with van der Waals surface area (Å²) in [6.45, 7) is 3.17. The van der Waals surface area contributed by atoms with Crippen molar-refractivity contribution in [2.45, 2.75) is 23.3 Å². The van der Waals surface area contributed by atoms with Gasteiger partial charge >= 0.3 is 0 Å². The number of benzene rings is 2. The highest BCUT2D eigenvalue weighted by atomic mass is 32.2. The van der Waals surface area contributed by atoms with Crippen LogP contribution in [0.25, 0.3) is 0 Å². The van der Waals surface area contributed by atoms with E-state index in [1.165, 1.54) is 12.1 Å². The van der Waals surface area contributed by atoms with Crippen molar-refractivity contribution < 1.29 is 13.2 Å². The van der Waals surface area contributed by atoms with Crippen LogP contribution in [0.1, 0.15) is 12.5 Å². The molecule has 2 aromatic carbocycles. The normalized spacial score (nSPS) is 10.8. The van der Waals surface area contributed by atoms with E-state index < -0.39 is 11.6 Å². The smallest absolute Gasteiger partial charge is 0.137 e. The summed E-state index contributed by atoms with van der Waals surface area (Å²) in [5, 5.41) is 3.10. The summed E-state index contributed by atoms with van der Waals surface area (Å²) < 4.78 is 40.1. The van der Waals surface area contributed by atoms with Gasteiger partial charge in [0.05, 0.1) is 4.90 Å². The van der Waals surface area contributed by atoms with Crippen LogP contribution in [-0.2, 0) is 6.54 Å². The van der Waals surface area contributed by atoms with Crippen LogP contribution in [0, 0.1) is 17.5 Å². The maximum absolute atomic E-state index is 13.6. The fraction of sp³-hybridized carbons (Fsp3) is 0.200. The molecular weight excluding hydrogens is 283 g/mol. The van der Waals surface area contributed by atoms with E-state index in [9.17, 15) is 13.2 Å². The van der Waals surface area contributed by atoms with Gasteiger partial charge in [0.15, 0.2) is 0 Å². The molecule has 0 radical (unpaired) electrons. The van der Waals surface area contributed by atoms with Gasteiger partial charge in [-0.25, -0.2) is 13.2 Å². The summed E-state index contributed by atoms with van der Waals surface area (Å²) in [7, 11) is 0. The molecule has 0 atom stereocenters. The van der Waals surface area contributed by atoms with E-state index in [1.54, 1.807) is 6.07 Å². The molecular formula is C15H14F3NS. The number of hydrogen-bond donors (Lipinski definition) is 1. The molecule has 0 saturated carbocycles. The molecule has 5 heteroatoms. The first-order valence-electron chi connectivity index (χ1n) is 6.22. The van der Waals surface area contributed by atoms with Crippen molar-refractivity contribution in [2.24, 2.45) is 0 Å². The van der Waals surface area contributed by atoms with Crippen molar-refractivity contribution in [2.75, 3.05) is 6.54 Å². The SMILES string of the molecule is CCNCc1cc(F)ccc1Sc1cc(F)ccc1F. The molecule has 106 valence electrons. The quantitative estimate of drug-likeness (QED) is 0.880. The van der Waals surface area contributed by atoms with Crippen LogP contribution >= 0.6 is 11.8 Å². The molecule has 0 fully saturated rings. The number of halogens is 3. The average Bonchev–Trinajstić information content (AvgIpc) is 2.43. The molecule has 20 heavy (non-hydrogen) atoms. The summed E-state index contributed by atoms with van der Waals surface area (Å²) >= 11 is 1.09. The number of rotatable bonds is 5. The van der Waals surface area contributed by atoms with Crippen LogP contribution in [0.3, 0.4) is 0 Å². The Bertz CT molecular complexity index is 602. The Morgan fingerprint density at radius 1 is 0.950 bits per heavy atom. The van der Waals surface area contributed by atoms with Crippen LogP contribution in [0.4, 0.5) is 13.2 Å². The molecule has 1 N–H and O–H groups in total. The van der Waals surface area contributed by atoms with Gasteiger partial charge in [-0.1, -0.05) is 18.7 Å². The average molecular weight is 297 g/mol. The van der Waals surface area contributed by atoms with Gasteiger partial charge in [-0.3, -0.25) is 0 Å². The molecule has 2 aromatic rings. The Hall–Kier alpha value is -1.46. The van der Waals surface area contributed by atoms with Gasteiger partial charge in [0, 0.05) is 11.4 Å². The minimum absolute atomic E-state index is 0.189. The summed E-state index contributed by atoms with van der Waals surface area (Å²) in [6.07, 6.45) is 0. The van der Waals surface area contributed by atoms with Gasteiger partial charge in [0.25, 0.3) is 0 Å². The van der Waals surface area contributed by atoms with Gasteiger partial charge in [-0.15, -0.1) is 0 Å². The van der Waals surface area contributed by atoms with Crippen molar-refractivity contribution in [3.8, 4) is 0 Å². The lowest BCUT2D eigenvalue weighted by Crippen LogP contribution is -2.12. The second-order valence-electron chi connectivity index (χ2n) is 4.21. The predicted octanol–water partition coefficient (Wildman–Crippen LogP) is 4.36. The molecule has 0 aliphatic heterocycles. The van der Waals surface area contributed by atoms with Crippen LogP contribution in [0.5, 0.6) is 0 Å². The lowest BCUT2D eigenvalue weighted by atomic mass is 10.2. The van der Waals surface area contributed by atoms with Crippen LogP contribution in [0.15, 0.2) is 46.2 Å². The maximum Gasteiger partial charge on any atom is 0.137 e. The summed E-state index contributed by atoms with van der Waals surface area (Å²) in [6, 6.07) is 7.60. The van der Waals surface area contributed by atoms with Crippen LogP contribution in [0.2, 0.25) is 0 Å². The summed E-state index contributed by atoms with van der Waals surface area (Å²) in [4.78, 5) is 0.895. The zero-order chi connectivity index (χ0) is 14.5. The Morgan fingerprint density at radius 2 is 1.65 bits per heavy atom. The van der Waals surface area contributed by atoms with Gasteiger partial charge in [-0.2, -0.15) is 0 Å². The zero-order valence-electron chi connectivity index (χ0n) is 10.9. The van der Waals surface area contributed by atoms with Crippen LogP contribution in [-0.4, -0.2) is 6.54 Å². The highest BCUT2D eigenvalue weighted by Crippen LogP contribution is 2.33. The molecule has 0 aromatic heterocycles. The molecule has 0 saturated heterocycles. The van der Waals surface area contributed by atoms with E-state index in [0.717, 1.165) is 42.1 Å². The highest BCUT2D eigenvalue weighted by Gasteiger charge is 2.10. The minimum Gasteiger partial charge on any atom is -0.313 e. The topological polar surface area (TPSA) is 12.0 Å². The molecule has 0 amide bonds. The largest absolute Gasteiger partial charge is 0.313 e. The second-order valence-corrected chi connectivity index (χ2v) is 5.29. The van der Waals surface area contributed by atoms with Crippen molar-refractivity contribution in [3.63, 3.8) is 0 Å². The second kappa shape index (κ2) is 6.81. The van der Waals surface area contributed by atoms with Gasteiger partial charge in [0.2, 0.25) is 0 Å². The molecule has 0 spiro atoms. The Balaban J connectivity index is 2.30. The van der Waals surface area contributed by atoms with Crippen LogP contribution < -0.4 is 5.32 Å². The maximum atomic E-state index is 13.6. The van der Waals surface area contributed by atoms with Crippen molar-refractivity contribution in [1.82, 2.24) is 5.32 Å². The van der Waals surface area contributed by atoms with Crippen molar-refractivity contribution >= 4 is 11.8 Å². The number of nitrogens with one attached hydrogen (secondary N) is 1.